The Bertz CT molecular complexity index is 431. The minimum absolute atomic E-state index is 0.0519. The van der Waals surface area contributed by atoms with Gasteiger partial charge in [0.15, 0.2) is 0 Å². The van der Waals surface area contributed by atoms with Gasteiger partial charge in [-0.2, -0.15) is 0 Å². The summed E-state index contributed by atoms with van der Waals surface area (Å²) in [5.41, 5.74) is 9.41. The van der Waals surface area contributed by atoms with Gasteiger partial charge in [-0.15, -0.1) is 0 Å². The van der Waals surface area contributed by atoms with Crippen LogP contribution in [0.4, 0.5) is 0 Å². The molecule has 20 heavy (non-hydrogen) atoms. The van der Waals surface area contributed by atoms with Gasteiger partial charge in [0.05, 0.1) is 7.11 Å². The molecule has 0 amide bonds. The summed E-state index contributed by atoms with van der Waals surface area (Å²) >= 11 is 0. The number of hydrogen-bond acceptors (Lipinski definition) is 3. The molecule has 114 valence electrons. The number of hydrogen-bond donors (Lipinski definition) is 2. The average molecular weight is 279 g/mol. The van der Waals surface area contributed by atoms with Gasteiger partial charge in [0.25, 0.3) is 0 Å². The van der Waals surface area contributed by atoms with Gasteiger partial charge in [-0.3, -0.25) is 0 Å². The first-order chi connectivity index (χ1) is 9.33. The van der Waals surface area contributed by atoms with Gasteiger partial charge in [0.2, 0.25) is 0 Å². The van der Waals surface area contributed by atoms with Crippen molar-refractivity contribution in [3.8, 4) is 5.75 Å². The summed E-state index contributed by atoms with van der Waals surface area (Å²) in [5, 5.41) is 9.26. The van der Waals surface area contributed by atoms with Crippen LogP contribution in [-0.2, 0) is 11.8 Å². The van der Waals surface area contributed by atoms with Gasteiger partial charge in [-0.05, 0) is 43.2 Å². The van der Waals surface area contributed by atoms with E-state index in [0.29, 0.717) is 6.54 Å². The van der Waals surface area contributed by atoms with Crippen LogP contribution in [0.25, 0.3) is 0 Å². The van der Waals surface area contributed by atoms with Crippen LogP contribution >= 0.6 is 0 Å². The van der Waals surface area contributed by atoms with E-state index in [2.05, 4.69) is 39.8 Å². The van der Waals surface area contributed by atoms with E-state index in [9.17, 15) is 5.11 Å². The molecule has 1 unspecified atom stereocenters. The van der Waals surface area contributed by atoms with Crippen LogP contribution in [0.1, 0.15) is 43.9 Å². The van der Waals surface area contributed by atoms with E-state index in [1.165, 1.54) is 16.7 Å². The standard InChI is InChI=1S/C17H29NO2/c1-12-8-14(7-6-13(10-18)11-19)16(20-5)15(9-12)17(2,3)4/h8-9,13,19H,6-7,10-11,18H2,1-5H3. The van der Waals surface area contributed by atoms with Gasteiger partial charge in [-0.1, -0.05) is 38.5 Å². The molecule has 1 rings (SSSR count). The van der Waals surface area contributed by atoms with Crippen molar-refractivity contribution in [1.82, 2.24) is 0 Å². The van der Waals surface area contributed by atoms with Gasteiger partial charge in [0.1, 0.15) is 5.75 Å². The zero-order valence-corrected chi connectivity index (χ0v) is 13.5. The van der Waals surface area contributed by atoms with Crippen LogP contribution in [0.5, 0.6) is 5.75 Å². The molecular formula is C17H29NO2. The van der Waals surface area contributed by atoms with Gasteiger partial charge in [-0.25, -0.2) is 0 Å². The Morgan fingerprint density at radius 2 is 1.95 bits per heavy atom. The molecule has 1 atom stereocenters. The molecule has 0 aliphatic heterocycles. The van der Waals surface area contributed by atoms with Crippen molar-refractivity contribution in [1.29, 1.82) is 0 Å². The Kier molecular flexibility index (Phi) is 6.03. The molecule has 3 heteroatoms. The van der Waals surface area contributed by atoms with Crippen LogP contribution in [0.2, 0.25) is 0 Å². The Morgan fingerprint density at radius 3 is 2.40 bits per heavy atom. The minimum atomic E-state index is 0.0519. The number of aryl methyl sites for hydroxylation is 2. The van der Waals surface area contributed by atoms with E-state index in [-0.39, 0.29) is 17.9 Å². The predicted octanol–water partition coefficient (Wildman–Crippen LogP) is 2.80. The molecule has 0 fully saturated rings. The Hall–Kier alpha value is -1.06. The Balaban J connectivity index is 3.09. The zero-order chi connectivity index (χ0) is 15.3. The normalized spacial score (nSPS) is 13.3. The third kappa shape index (κ3) is 4.22. The van der Waals surface area contributed by atoms with Crippen molar-refractivity contribution in [2.75, 3.05) is 20.3 Å². The molecule has 3 nitrogen and oxygen atoms in total. The van der Waals surface area contributed by atoms with Crippen LogP contribution < -0.4 is 10.5 Å². The molecular weight excluding hydrogens is 250 g/mol. The van der Waals surface area contributed by atoms with E-state index in [4.69, 9.17) is 10.5 Å². The fourth-order valence-corrected chi connectivity index (χ4v) is 2.48. The molecule has 0 heterocycles. The maximum atomic E-state index is 9.26. The lowest BCUT2D eigenvalue weighted by Crippen LogP contribution is -2.19. The summed E-state index contributed by atoms with van der Waals surface area (Å²) in [5.74, 6) is 1.15. The minimum Gasteiger partial charge on any atom is -0.496 e. The van der Waals surface area contributed by atoms with Gasteiger partial charge >= 0.3 is 0 Å². The molecule has 0 aliphatic carbocycles. The van der Waals surface area contributed by atoms with Crippen LogP contribution in [0, 0.1) is 12.8 Å². The van der Waals surface area contributed by atoms with Crippen molar-refractivity contribution in [3.63, 3.8) is 0 Å². The highest BCUT2D eigenvalue weighted by Crippen LogP contribution is 2.36. The second-order valence-electron chi connectivity index (χ2n) is 6.58. The van der Waals surface area contributed by atoms with E-state index < -0.39 is 0 Å². The predicted molar refractivity (Wildman–Crippen MR) is 84.4 cm³/mol. The van der Waals surface area contributed by atoms with Gasteiger partial charge < -0.3 is 15.6 Å². The lowest BCUT2D eigenvalue weighted by atomic mass is 9.83. The summed E-state index contributed by atoms with van der Waals surface area (Å²) in [6, 6.07) is 4.38. The third-order valence-electron chi connectivity index (χ3n) is 3.74. The smallest absolute Gasteiger partial charge is 0.125 e. The van der Waals surface area contributed by atoms with E-state index in [1.54, 1.807) is 7.11 Å². The summed E-state index contributed by atoms with van der Waals surface area (Å²) in [4.78, 5) is 0. The summed E-state index contributed by atoms with van der Waals surface area (Å²) in [6.07, 6.45) is 1.77. The number of methoxy groups -OCH3 is 1. The first-order valence-corrected chi connectivity index (χ1v) is 7.32. The maximum absolute atomic E-state index is 9.26. The largest absolute Gasteiger partial charge is 0.496 e. The molecule has 1 aromatic carbocycles. The second-order valence-corrected chi connectivity index (χ2v) is 6.58. The molecule has 3 N–H and O–H groups in total. The molecule has 0 spiro atoms. The number of benzene rings is 1. The Morgan fingerprint density at radius 1 is 1.30 bits per heavy atom. The van der Waals surface area contributed by atoms with Crippen LogP contribution in [0.3, 0.4) is 0 Å². The highest BCUT2D eigenvalue weighted by molar-refractivity contribution is 5.47. The van der Waals surface area contributed by atoms with E-state index in [1.807, 2.05) is 0 Å². The number of rotatable bonds is 6. The van der Waals surface area contributed by atoms with Crippen LogP contribution in [0.15, 0.2) is 12.1 Å². The third-order valence-corrected chi connectivity index (χ3v) is 3.74. The van der Waals surface area contributed by atoms with Crippen molar-refractivity contribution in [2.45, 2.75) is 46.0 Å². The maximum Gasteiger partial charge on any atom is 0.125 e. The molecule has 1 aromatic rings. The number of aliphatic hydroxyl groups excluding tert-OH is 1. The Labute approximate surface area is 123 Å². The molecule has 0 saturated carbocycles. The first kappa shape index (κ1) is 17.0. The number of aliphatic hydroxyl groups is 1. The molecule has 0 aliphatic rings. The van der Waals surface area contributed by atoms with Crippen molar-refractivity contribution in [3.05, 3.63) is 28.8 Å². The topological polar surface area (TPSA) is 55.5 Å². The highest BCUT2D eigenvalue weighted by atomic mass is 16.5. The highest BCUT2D eigenvalue weighted by Gasteiger charge is 2.22. The fourth-order valence-electron chi connectivity index (χ4n) is 2.48. The van der Waals surface area contributed by atoms with Crippen molar-refractivity contribution < 1.29 is 9.84 Å². The summed E-state index contributed by atoms with van der Waals surface area (Å²) in [7, 11) is 1.73. The molecule has 0 saturated heterocycles. The fraction of sp³-hybridized carbons (Fsp3) is 0.647. The van der Waals surface area contributed by atoms with E-state index >= 15 is 0 Å². The SMILES string of the molecule is COc1c(CCC(CN)CO)cc(C)cc1C(C)(C)C. The molecule has 0 aromatic heterocycles. The molecule has 0 radical (unpaired) electrons. The average Bonchev–Trinajstić information content (AvgIpc) is 2.38. The van der Waals surface area contributed by atoms with Crippen molar-refractivity contribution in [2.24, 2.45) is 11.7 Å². The second kappa shape index (κ2) is 7.09. The van der Waals surface area contributed by atoms with Gasteiger partial charge in [0, 0.05) is 12.2 Å². The zero-order valence-electron chi connectivity index (χ0n) is 13.5. The lowest BCUT2D eigenvalue weighted by Gasteiger charge is -2.25. The summed E-state index contributed by atoms with van der Waals surface area (Å²) < 4.78 is 5.66. The summed E-state index contributed by atoms with van der Waals surface area (Å²) in [6.45, 7) is 9.39. The number of nitrogens with two attached hydrogens (primary N) is 1. The number of ether oxygens (including phenoxy) is 1. The van der Waals surface area contributed by atoms with E-state index in [0.717, 1.165) is 18.6 Å². The van der Waals surface area contributed by atoms with Crippen molar-refractivity contribution >= 4 is 0 Å². The first-order valence-electron chi connectivity index (χ1n) is 7.32. The quantitative estimate of drug-likeness (QED) is 0.842. The lowest BCUT2D eigenvalue weighted by molar-refractivity contribution is 0.222. The monoisotopic (exact) mass is 279 g/mol. The van der Waals surface area contributed by atoms with Crippen LogP contribution in [-0.4, -0.2) is 25.4 Å². The molecule has 0 bridgehead atoms.